The van der Waals surface area contributed by atoms with E-state index in [1.165, 1.54) is 0 Å². The predicted octanol–water partition coefficient (Wildman–Crippen LogP) is 0.290. The van der Waals surface area contributed by atoms with Crippen LogP contribution in [0.4, 0.5) is 5.69 Å². The number of ether oxygens (including phenoxy) is 2. The summed E-state index contributed by atoms with van der Waals surface area (Å²) in [6.07, 6.45) is 0.226. The lowest BCUT2D eigenvalue weighted by atomic mass is 10.2. The van der Waals surface area contributed by atoms with E-state index in [2.05, 4.69) is 10.6 Å². The van der Waals surface area contributed by atoms with E-state index < -0.39 is 5.91 Å². The van der Waals surface area contributed by atoms with Crippen LogP contribution in [0.1, 0.15) is 6.42 Å². The third-order valence-corrected chi connectivity index (χ3v) is 2.94. The highest BCUT2D eigenvalue weighted by molar-refractivity contribution is 5.91. The number of halogens is 1. The average Bonchev–Trinajstić information content (AvgIpc) is 2.47. The van der Waals surface area contributed by atoms with Gasteiger partial charge in [-0.2, -0.15) is 0 Å². The number of nitrogens with one attached hydrogen (secondary N) is 2. The summed E-state index contributed by atoms with van der Waals surface area (Å²) in [7, 11) is 0. The standard InChI is InChI=1S/C14H19N3O4.ClH/c15-13(18)9-21-11-3-1-10(2-4-11)17-14(19)7-12-8-16-5-6-20-12;/h1-4,12,16H,5-9H2,(H2,15,18)(H,17,19);1H. The first kappa shape index (κ1) is 18.2. The number of nitrogens with two attached hydrogens (primary N) is 1. The maximum absolute atomic E-state index is 11.9. The van der Waals surface area contributed by atoms with Crippen LogP contribution in [-0.4, -0.2) is 44.2 Å². The molecule has 1 aromatic carbocycles. The van der Waals surface area contributed by atoms with E-state index in [1.807, 2.05) is 0 Å². The second kappa shape index (κ2) is 9.24. The Morgan fingerprint density at radius 2 is 2.09 bits per heavy atom. The van der Waals surface area contributed by atoms with Crippen LogP contribution in [0.5, 0.6) is 5.75 Å². The van der Waals surface area contributed by atoms with Crippen molar-refractivity contribution < 1.29 is 19.1 Å². The van der Waals surface area contributed by atoms with Crippen LogP contribution >= 0.6 is 12.4 Å². The molecular formula is C14H20ClN3O4. The van der Waals surface area contributed by atoms with Gasteiger partial charge in [0.05, 0.1) is 19.1 Å². The number of hydrogen-bond acceptors (Lipinski definition) is 5. The number of amides is 2. The first-order valence-corrected chi connectivity index (χ1v) is 6.77. The number of rotatable bonds is 6. The molecule has 0 aromatic heterocycles. The molecule has 0 aliphatic carbocycles. The second-order valence-electron chi connectivity index (χ2n) is 4.73. The lowest BCUT2D eigenvalue weighted by Crippen LogP contribution is -2.40. The van der Waals surface area contributed by atoms with Crippen molar-refractivity contribution in [3.05, 3.63) is 24.3 Å². The Labute approximate surface area is 134 Å². The molecule has 1 fully saturated rings. The van der Waals surface area contributed by atoms with Gasteiger partial charge in [0.1, 0.15) is 5.75 Å². The summed E-state index contributed by atoms with van der Waals surface area (Å²) in [5.74, 6) is -0.116. The molecule has 0 saturated carbocycles. The van der Waals surface area contributed by atoms with Crippen molar-refractivity contribution in [2.75, 3.05) is 31.6 Å². The molecule has 2 rings (SSSR count). The Hall–Kier alpha value is -1.83. The molecule has 1 saturated heterocycles. The molecule has 8 heteroatoms. The third-order valence-electron chi connectivity index (χ3n) is 2.94. The topological polar surface area (TPSA) is 103 Å². The van der Waals surface area contributed by atoms with E-state index in [-0.39, 0.29) is 31.0 Å². The molecule has 0 radical (unpaired) electrons. The zero-order valence-corrected chi connectivity index (χ0v) is 12.9. The van der Waals surface area contributed by atoms with Gasteiger partial charge in [-0.15, -0.1) is 12.4 Å². The van der Waals surface area contributed by atoms with Gasteiger partial charge in [-0.05, 0) is 24.3 Å². The summed E-state index contributed by atoms with van der Waals surface area (Å²) in [5, 5.41) is 5.96. The Morgan fingerprint density at radius 3 is 2.68 bits per heavy atom. The van der Waals surface area contributed by atoms with Crippen molar-refractivity contribution in [3.63, 3.8) is 0 Å². The number of hydrogen-bond donors (Lipinski definition) is 3. The lowest BCUT2D eigenvalue weighted by Gasteiger charge is -2.23. The Bertz CT molecular complexity index is 489. The highest BCUT2D eigenvalue weighted by Crippen LogP contribution is 2.16. The predicted molar refractivity (Wildman–Crippen MR) is 84.2 cm³/mol. The highest BCUT2D eigenvalue weighted by atomic mass is 35.5. The Kier molecular flexibility index (Phi) is 7.65. The summed E-state index contributed by atoms with van der Waals surface area (Å²) in [4.78, 5) is 22.5. The minimum absolute atomic E-state index is 0. The van der Waals surface area contributed by atoms with Crippen molar-refractivity contribution in [1.82, 2.24) is 5.32 Å². The van der Waals surface area contributed by atoms with Crippen molar-refractivity contribution in [2.45, 2.75) is 12.5 Å². The first-order chi connectivity index (χ1) is 10.1. The van der Waals surface area contributed by atoms with E-state index >= 15 is 0 Å². The molecule has 0 bridgehead atoms. The van der Waals surface area contributed by atoms with E-state index in [4.69, 9.17) is 15.2 Å². The molecule has 22 heavy (non-hydrogen) atoms. The molecule has 4 N–H and O–H groups in total. The number of carbonyl (C=O) groups is 2. The van der Waals surface area contributed by atoms with Crippen molar-refractivity contribution in [1.29, 1.82) is 0 Å². The van der Waals surface area contributed by atoms with E-state index in [9.17, 15) is 9.59 Å². The fourth-order valence-electron chi connectivity index (χ4n) is 1.96. The van der Waals surface area contributed by atoms with Gasteiger partial charge in [0.25, 0.3) is 5.91 Å². The number of morpholine rings is 1. The van der Waals surface area contributed by atoms with Crippen LogP contribution in [0.25, 0.3) is 0 Å². The minimum Gasteiger partial charge on any atom is -0.484 e. The van der Waals surface area contributed by atoms with Crippen LogP contribution in [0, 0.1) is 0 Å². The fraction of sp³-hybridized carbons (Fsp3) is 0.429. The number of anilines is 1. The van der Waals surface area contributed by atoms with Gasteiger partial charge in [-0.3, -0.25) is 9.59 Å². The summed E-state index contributed by atoms with van der Waals surface area (Å²) >= 11 is 0. The first-order valence-electron chi connectivity index (χ1n) is 6.77. The van der Waals surface area contributed by atoms with Crippen molar-refractivity contribution in [2.24, 2.45) is 5.73 Å². The van der Waals surface area contributed by atoms with Gasteiger partial charge < -0.3 is 25.8 Å². The molecule has 2 amide bonds. The molecule has 1 aromatic rings. The minimum atomic E-state index is -0.534. The van der Waals surface area contributed by atoms with Gasteiger partial charge in [0.15, 0.2) is 6.61 Å². The quantitative estimate of drug-likeness (QED) is 0.696. The molecule has 0 spiro atoms. The number of primary amides is 1. The van der Waals surface area contributed by atoms with Crippen LogP contribution in [-0.2, 0) is 14.3 Å². The van der Waals surface area contributed by atoms with Gasteiger partial charge in [-0.1, -0.05) is 0 Å². The molecule has 1 atom stereocenters. The normalized spacial score (nSPS) is 17.2. The fourth-order valence-corrected chi connectivity index (χ4v) is 1.96. The molecule has 1 unspecified atom stereocenters. The number of carbonyl (C=O) groups excluding carboxylic acids is 2. The van der Waals surface area contributed by atoms with Crippen LogP contribution in [0.3, 0.4) is 0 Å². The van der Waals surface area contributed by atoms with E-state index in [0.717, 1.165) is 6.54 Å². The summed E-state index contributed by atoms with van der Waals surface area (Å²) in [6.45, 7) is 1.97. The van der Waals surface area contributed by atoms with Gasteiger partial charge in [0, 0.05) is 18.8 Å². The molecule has 7 nitrogen and oxygen atoms in total. The van der Waals surface area contributed by atoms with E-state index in [0.29, 0.717) is 31.0 Å². The van der Waals surface area contributed by atoms with Crippen molar-refractivity contribution >= 4 is 29.9 Å². The molecule has 1 aliphatic rings. The monoisotopic (exact) mass is 329 g/mol. The summed E-state index contributed by atoms with van der Waals surface area (Å²) in [6, 6.07) is 6.73. The third kappa shape index (κ3) is 6.30. The van der Waals surface area contributed by atoms with Crippen LogP contribution in [0.2, 0.25) is 0 Å². The second-order valence-corrected chi connectivity index (χ2v) is 4.73. The largest absolute Gasteiger partial charge is 0.484 e. The highest BCUT2D eigenvalue weighted by Gasteiger charge is 2.17. The maximum Gasteiger partial charge on any atom is 0.255 e. The smallest absolute Gasteiger partial charge is 0.255 e. The van der Waals surface area contributed by atoms with Gasteiger partial charge in [-0.25, -0.2) is 0 Å². The van der Waals surface area contributed by atoms with Gasteiger partial charge >= 0.3 is 0 Å². The Morgan fingerprint density at radius 1 is 1.36 bits per heavy atom. The molecule has 1 aliphatic heterocycles. The van der Waals surface area contributed by atoms with E-state index in [1.54, 1.807) is 24.3 Å². The zero-order valence-electron chi connectivity index (χ0n) is 12.0. The molecule has 1 heterocycles. The SMILES string of the molecule is Cl.NC(=O)COc1ccc(NC(=O)CC2CNCCO2)cc1. The summed E-state index contributed by atoms with van der Waals surface area (Å²) in [5.41, 5.74) is 5.65. The molecule has 122 valence electrons. The van der Waals surface area contributed by atoms with Crippen LogP contribution in [0.15, 0.2) is 24.3 Å². The Balaban J connectivity index is 0.00000242. The van der Waals surface area contributed by atoms with Gasteiger partial charge in [0.2, 0.25) is 5.91 Å². The molecular weight excluding hydrogens is 310 g/mol. The lowest BCUT2D eigenvalue weighted by molar-refractivity contribution is -0.120. The van der Waals surface area contributed by atoms with Crippen LogP contribution < -0.4 is 21.1 Å². The van der Waals surface area contributed by atoms with Crippen molar-refractivity contribution in [3.8, 4) is 5.75 Å². The average molecular weight is 330 g/mol. The number of benzene rings is 1. The summed E-state index contributed by atoms with van der Waals surface area (Å²) < 4.78 is 10.6. The zero-order chi connectivity index (χ0) is 15.1. The maximum atomic E-state index is 11.9.